The van der Waals surface area contributed by atoms with E-state index < -0.39 is 0 Å². The topological polar surface area (TPSA) is 46.9 Å². The number of halogens is 1. The van der Waals surface area contributed by atoms with Gasteiger partial charge in [0.15, 0.2) is 0 Å². The molecule has 2 aliphatic rings. The summed E-state index contributed by atoms with van der Waals surface area (Å²) in [6.07, 6.45) is 7.31. The lowest BCUT2D eigenvalue weighted by Crippen LogP contribution is -2.41. The first-order chi connectivity index (χ1) is 9.52. The highest BCUT2D eigenvalue weighted by molar-refractivity contribution is 9.10. The van der Waals surface area contributed by atoms with Gasteiger partial charge in [-0.1, -0.05) is 6.42 Å². The number of hydrogen-bond donors (Lipinski definition) is 1. The van der Waals surface area contributed by atoms with E-state index in [0.29, 0.717) is 12.5 Å². The van der Waals surface area contributed by atoms with E-state index in [4.69, 9.17) is 0 Å². The second kappa shape index (κ2) is 5.51. The van der Waals surface area contributed by atoms with Gasteiger partial charge in [0.05, 0.1) is 10.2 Å². The smallest absolute Gasteiger partial charge is 0.241 e. The highest BCUT2D eigenvalue weighted by atomic mass is 79.9. The van der Waals surface area contributed by atoms with Crippen LogP contribution in [0.2, 0.25) is 0 Å². The van der Waals surface area contributed by atoms with E-state index in [9.17, 15) is 4.79 Å². The first-order valence-corrected chi connectivity index (χ1v) is 8.31. The molecule has 20 heavy (non-hydrogen) atoms. The van der Waals surface area contributed by atoms with Gasteiger partial charge in [-0.15, -0.1) is 0 Å². The van der Waals surface area contributed by atoms with Gasteiger partial charge >= 0.3 is 0 Å². The average molecular weight is 340 g/mol. The molecule has 0 unspecified atom stereocenters. The molecule has 110 valence electrons. The Morgan fingerprint density at radius 3 is 2.90 bits per heavy atom. The van der Waals surface area contributed by atoms with E-state index in [1.807, 2.05) is 13.1 Å². The number of carbonyl (C=O) groups excluding carboxylic acids is 1. The van der Waals surface area contributed by atoms with Gasteiger partial charge in [-0.25, -0.2) is 0 Å². The number of nitrogens with zero attached hydrogens (tertiary/aromatic N) is 2. The normalized spacial score (nSPS) is 29.6. The minimum Gasteiger partial charge on any atom is -0.352 e. The third-order valence-corrected chi connectivity index (χ3v) is 5.79. The molecule has 2 fully saturated rings. The number of aromatic nitrogens is 2. The molecule has 0 aromatic carbocycles. The van der Waals surface area contributed by atoms with Crippen LogP contribution in [0.1, 0.15) is 38.3 Å². The maximum absolute atomic E-state index is 12.1. The number of carbonyl (C=O) groups is 1. The van der Waals surface area contributed by atoms with E-state index in [2.05, 4.69) is 33.3 Å². The fourth-order valence-corrected chi connectivity index (χ4v) is 4.35. The lowest BCUT2D eigenvalue weighted by molar-refractivity contribution is -0.122. The third kappa shape index (κ3) is 2.78. The van der Waals surface area contributed by atoms with Crippen molar-refractivity contribution < 1.29 is 4.79 Å². The van der Waals surface area contributed by atoms with Crippen molar-refractivity contribution in [3.8, 4) is 0 Å². The van der Waals surface area contributed by atoms with Crippen molar-refractivity contribution in [2.75, 3.05) is 0 Å². The SMILES string of the molecule is Cc1nn(CC(=O)N[C@@H](C)[C@H]2C[C@H]3CC[C@H]2C3)cc1Br. The van der Waals surface area contributed by atoms with Crippen molar-refractivity contribution in [1.82, 2.24) is 15.1 Å². The van der Waals surface area contributed by atoms with Crippen LogP contribution in [-0.2, 0) is 11.3 Å². The van der Waals surface area contributed by atoms with Crippen LogP contribution >= 0.6 is 15.9 Å². The molecule has 5 heteroatoms. The lowest BCUT2D eigenvalue weighted by Gasteiger charge is -2.28. The number of nitrogens with one attached hydrogen (secondary N) is 1. The standard InChI is InChI=1S/C15H22BrN3O/c1-9(13-6-11-3-4-12(13)5-11)17-15(20)8-19-7-14(16)10(2)18-19/h7,9,11-13H,3-6,8H2,1-2H3,(H,17,20)/t9-,11-,12-,13+/m0/s1. The Morgan fingerprint density at radius 2 is 2.35 bits per heavy atom. The minimum atomic E-state index is 0.0651. The monoisotopic (exact) mass is 339 g/mol. The average Bonchev–Trinajstić information content (AvgIpc) is 3.06. The Bertz CT molecular complexity index is 494. The van der Waals surface area contributed by atoms with Gasteiger partial charge < -0.3 is 5.32 Å². The molecule has 2 saturated carbocycles. The Kier molecular flexibility index (Phi) is 3.89. The predicted octanol–water partition coefficient (Wildman–Crippen LogP) is 2.89. The van der Waals surface area contributed by atoms with Crippen LogP contribution in [0.4, 0.5) is 0 Å². The predicted molar refractivity (Wildman–Crippen MR) is 81.2 cm³/mol. The first kappa shape index (κ1) is 14.1. The maximum atomic E-state index is 12.1. The zero-order valence-electron chi connectivity index (χ0n) is 12.1. The van der Waals surface area contributed by atoms with Gasteiger partial charge in [-0.2, -0.15) is 5.10 Å². The molecule has 1 heterocycles. The van der Waals surface area contributed by atoms with Crippen molar-refractivity contribution in [2.45, 2.75) is 52.1 Å². The van der Waals surface area contributed by atoms with Crippen LogP contribution < -0.4 is 5.32 Å². The zero-order chi connectivity index (χ0) is 14.3. The molecule has 2 aliphatic carbocycles. The molecule has 2 bridgehead atoms. The molecular weight excluding hydrogens is 318 g/mol. The van der Waals surface area contributed by atoms with E-state index in [1.165, 1.54) is 25.7 Å². The Morgan fingerprint density at radius 1 is 1.55 bits per heavy atom. The minimum absolute atomic E-state index is 0.0651. The molecule has 1 N–H and O–H groups in total. The van der Waals surface area contributed by atoms with Crippen molar-refractivity contribution in [3.05, 3.63) is 16.4 Å². The number of rotatable bonds is 4. The Hall–Kier alpha value is -0.840. The molecule has 0 saturated heterocycles. The third-order valence-electron chi connectivity index (χ3n) is 5.02. The van der Waals surface area contributed by atoms with Crippen LogP contribution in [0.3, 0.4) is 0 Å². The van der Waals surface area contributed by atoms with E-state index in [-0.39, 0.29) is 11.9 Å². The fourth-order valence-electron chi connectivity index (χ4n) is 4.03. The number of aryl methyl sites for hydroxylation is 1. The summed E-state index contributed by atoms with van der Waals surface area (Å²) >= 11 is 3.42. The van der Waals surface area contributed by atoms with Crippen molar-refractivity contribution in [1.29, 1.82) is 0 Å². The van der Waals surface area contributed by atoms with Gasteiger partial charge in [0.2, 0.25) is 5.91 Å². The lowest BCUT2D eigenvalue weighted by atomic mass is 9.84. The molecule has 0 aliphatic heterocycles. The second-order valence-electron chi connectivity index (χ2n) is 6.45. The number of amides is 1. The summed E-state index contributed by atoms with van der Waals surface area (Å²) in [5.74, 6) is 2.52. The molecule has 0 radical (unpaired) electrons. The number of hydrogen-bond acceptors (Lipinski definition) is 2. The van der Waals surface area contributed by atoms with Gasteiger partial charge in [-0.05, 0) is 66.8 Å². The van der Waals surface area contributed by atoms with Crippen molar-refractivity contribution >= 4 is 21.8 Å². The van der Waals surface area contributed by atoms with Crippen LogP contribution in [0.25, 0.3) is 0 Å². The summed E-state index contributed by atoms with van der Waals surface area (Å²) in [6, 6.07) is 0.290. The molecule has 4 atom stereocenters. The number of fused-ring (bicyclic) bond motifs is 2. The second-order valence-corrected chi connectivity index (χ2v) is 7.31. The molecule has 4 nitrogen and oxygen atoms in total. The van der Waals surface area contributed by atoms with E-state index in [1.54, 1.807) is 4.68 Å². The summed E-state index contributed by atoms with van der Waals surface area (Å²) in [7, 11) is 0. The fraction of sp³-hybridized carbons (Fsp3) is 0.733. The zero-order valence-corrected chi connectivity index (χ0v) is 13.7. The highest BCUT2D eigenvalue weighted by Gasteiger charge is 2.42. The summed E-state index contributed by atoms with van der Waals surface area (Å²) in [5.41, 5.74) is 0.916. The van der Waals surface area contributed by atoms with Gasteiger partial charge in [-0.3, -0.25) is 9.48 Å². The van der Waals surface area contributed by atoms with Crippen LogP contribution in [0, 0.1) is 24.7 Å². The molecule has 1 amide bonds. The van der Waals surface area contributed by atoms with E-state index >= 15 is 0 Å². The quantitative estimate of drug-likeness (QED) is 0.916. The Balaban J connectivity index is 1.53. The molecule has 1 aromatic heterocycles. The van der Waals surface area contributed by atoms with Crippen LogP contribution in [-0.4, -0.2) is 21.7 Å². The molecule has 1 aromatic rings. The van der Waals surface area contributed by atoms with Crippen LogP contribution in [0.15, 0.2) is 10.7 Å². The van der Waals surface area contributed by atoms with Crippen molar-refractivity contribution in [3.63, 3.8) is 0 Å². The molecule has 3 rings (SSSR count). The highest BCUT2D eigenvalue weighted by Crippen LogP contribution is 2.49. The summed E-state index contributed by atoms with van der Waals surface area (Å²) in [6.45, 7) is 4.39. The largest absolute Gasteiger partial charge is 0.352 e. The summed E-state index contributed by atoms with van der Waals surface area (Å²) < 4.78 is 2.65. The summed E-state index contributed by atoms with van der Waals surface area (Å²) in [5, 5.41) is 7.47. The van der Waals surface area contributed by atoms with Crippen molar-refractivity contribution in [2.24, 2.45) is 17.8 Å². The van der Waals surface area contributed by atoms with E-state index in [0.717, 1.165) is 22.0 Å². The first-order valence-electron chi connectivity index (χ1n) is 7.52. The maximum Gasteiger partial charge on any atom is 0.241 e. The molecular formula is C15H22BrN3O. The van der Waals surface area contributed by atoms with Crippen LogP contribution in [0.5, 0.6) is 0 Å². The summed E-state index contributed by atoms with van der Waals surface area (Å²) in [4.78, 5) is 12.1. The Labute approximate surface area is 128 Å². The van der Waals surface area contributed by atoms with Gasteiger partial charge in [0, 0.05) is 12.2 Å². The van der Waals surface area contributed by atoms with Gasteiger partial charge in [0.25, 0.3) is 0 Å². The molecule has 0 spiro atoms. The van der Waals surface area contributed by atoms with Gasteiger partial charge in [0.1, 0.15) is 6.54 Å².